The van der Waals surface area contributed by atoms with Crippen molar-refractivity contribution in [1.82, 2.24) is 9.88 Å². The smallest absolute Gasteiger partial charge is 0.230 e. The van der Waals surface area contributed by atoms with Crippen LogP contribution in [0.15, 0.2) is 34.7 Å². The minimum absolute atomic E-state index is 0.0781. The third kappa shape index (κ3) is 3.26. The number of fused-ring (bicyclic) bond motifs is 1. The van der Waals surface area contributed by atoms with Crippen LogP contribution in [-0.4, -0.2) is 36.1 Å². The standard InChI is InChI=1S/C19H18F3N3O/c20-14-5-4-13(17(21)18(14)22)19-24-15-6-3-12(11-16(15)26-19)23-7-10-25-8-1-2-9-25/h3-6,11,23H,1-2,7-10H2. The van der Waals surface area contributed by atoms with Crippen LogP contribution in [0.1, 0.15) is 12.8 Å². The lowest BCUT2D eigenvalue weighted by atomic mass is 10.2. The topological polar surface area (TPSA) is 41.3 Å². The molecule has 7 heteroatoms. The van der Waals surface area contributed by atoms with Gasteiger partial charge in [-0.25, -0.2) is 18.2 Å². The number of aromatic nitrogens is 1. The van der Waals surface area contributed by atoms with E-state index in [0.29, 0.717) is 11.1 Å². The SMILES string of the molecule is Fc1ccc(-c2nc3ccc(NCCN4CCCC4)cc3o2)c(F)c1F. The van der Waals surface area contributed by atoms with E-state index in [9.17, 15) is 13.2 Å². The van der Waals surface area contributed by atoms with Crippen molar-refractivity contribution in [3.05, 3.63) is 47.8 Å². The molecule has 0 bridgehead atoms. The van der Waals surface area contributed by atoms with E-state index in [4.69, 9.17) is 4.42 Å². The summed E-state index contributed by atoms with van der Waals surface area (Å²) in [7, 11) is 0. The van der Waals surface area contributed by atoms with Crippen molar-refractivity contribution in [2.75, 3.05) is 31.5 Å². The second kappa shape index (κ2) is 6.99. The van der Waals surface area contributed by atoms with Gasteiger partial charge >= 0.3 is 0 Å². The lowest BCUT2D eigenvalue weighted by molar-refractivity contribution is 0.352. The molecule has 4 rings (SSSR count). The van der Waals surface area contributed by atoms with E-state index in [2.05, 4.69) is 15.2 Å². The third-order valence-electron chi connectivity index (χ3n) is 4.61. The first-order valence-electron chi connectivity index (χ1n) is 8.62. The van der Waals surface area contributed by atoms with E-state index in [1.807, 2.05) is 6.07 Å². The van der Waals surface area contributed by atoms with Crippen LogP contribution in [-0.2, 0) is 0 Å². The highest BCUT2D eigenvalue weighted by Crippen LogP contribution is 2.29. The van der Waals surface area contributed by atoms with Crippen molar-refractivity contribution in [1.29, 1.82) is 0 Å². The number of hydrogen-bond acceptors (Lipinski definition) is 4. The van der Waals surface area contributed by atoms with Crippen LogP contribution in [0.3, 0.4) is 0 Å². The molecule has 1 aromatic heterocycles. The highest BCUT2D eigenvalue weighted by molar-refractivity contribution is 5.80. The summed E-state index contributed by atoms with van der Waals surface area (Å²) in [5.74, 6) is -4.16. The monoisotopic (exact) mass is 361 g/mol. The Balaban J connectivity index is 1.53. The van der Waals surface area contributed by atoms with Gasteiger partial charge in [-0.2, -0.15) is 0 Å². The van der Waals surface area contributed by atoms with Crippen LogP contribution in [0.25, 0.3) is 22.6 Å². The van der Waals surface area contributed by atoms with Crippen molar-refractivity contribution in [3.63, 3.8) is 0 Å². The summed E-state index contributed by atoms with van der Waals surface area (Å²) < 4.78 is 46.0. The Bertz CT molecular complexity index is 935. The van der Waals surface area contributed by atoms with E-state index in [1.54, 1.807) is 12.1 Å². The number of benzene rings is 2. The van der Waals surface area contributed by atoms with E-state index < -0.39 is 17.5 Å². The van der Waals surface area contributed by atoms with Gasteiger partial charge in [-0.1, -0.05) is 0 Å². The second-order valence-electron chi connectivity index (χ2n) is 6.40. The van der Waals surface area contributed by atoms with Gasteiger partial charge in [-0.3, -0.25) is 0 Å². The lowest BCUT2D eigenvalue weighted by Gasteiger charge is -2.15. The fraction of sp³-hybridized carbons (Fsp3) is 0.316. The summed E-state index contributed by atoms with van der Waals surface area (Å²) in [5, 5.41) is 3.33. The number of nitrogens with zero attached hydrogens (tertiary/aromatic N) is 2. The van der Waals surface area contributed by atoms with E-state index >= 15 is 0 Å². The maximum Gasteiger partial charge on any atom is 0.230 e. The number of oxazole rings is 1. The number of anilines is 1. The molecule has 0 amide bonds. The third-order valence-corrected chi connectivity index (χ3v) is 4.61. The van der Waals surface area contributed by atoms with Crippen molar-refractivity contribution < 1.29 is 17.6 Å². The first-order chi connectivity index (χ1) is 12.6. The Kier molecular flexibility index (Phi) is 4.55. The van der Waals surface area contributed by atoms with Crippen LogP contribution < -0.4 is 5.32 Å². The summed E-state index contributed by atoms with van der Waals surface area (Å²) in [6.45, 7) is 4.07. The minimum Gasteiger partial charge on any atom is -0.436 e. The van der Waals surface area contributed by atoms with Gasteiger partial charge in [0.15, 0.2) is 23.0 Å². The van der Waals surface area contributed by atoms with Crippen molar-refractivity contribution >= 4 is 16.8 Å². The maximum absolute atomic E-state index is 13.9. The zero-order valence-electron chi connectivity index (χ0n) is 14.1. The Labute approximate surface area is 148 Å². The van der Waals surface area contributed by atoms with E-state index in [0.717, 1.165) is 44.0 Å². The van der Waals surface area contributed by atoms with Crippen LogP contribution in [0.4, 0.5) is 18.9 Å². The van der Waals surface area contributed by atoms with Gasteiger partial charge in [-0.05, 0) is 50.2 Å². The summed E-state index contributed by atoms with van der Waals surface area (Å²) in [6.07, 6.45) is 2.51. The summed E-state index contributed by atoms with van der Waals surface area (Å²) in [5.41, 5.74) is 1.64. The van der Waals surface area contributed by atoms with Gasteiger partial charge in [0.05, 0.1) is 5.56 Å². The van der Waals surface area contributed by atoms with Crippen LogP contribution in [0, 0.1) is 17.5 Å². The lowest BCUT2D eigenvalue weighted by Crippen LogP contribution is -2.25. The van der Waals surface area contributed by atoms with E-state index in [1.165, 1.54) is 12.8 Å². The first-order valence-corrected chi connectivity index (χ1v) is 8.62. The molecule has 1 saturated heterocycles. The molecule has 136 valence electrons. The fourth-order valence-corrected chi connectivity index (χ4v) is 3.21. The molecule has 1 fully saturated rings. The molecular formula is C19H18F3N3O. The zero-order chi connectivity index (χ0) is 18.1. The molecule has 4 nitrogen and oxygen atoms in total. The fourth-order valence-electron chi connectivity index (χ4n) is 3.21. The molecule has 1 aliphatic heterocycles. The number of halogens is 3. The second-order valence-corrected chi connectivity index (χ2v) is 6.40. The van der Waals surface area contributed by atoms with Gasteiger partial charge in [0.1, 0.15) is 5.52 Å². The minimum atomic E-state index is -1.53. The molecule has 1 N–H and O–H groups in total. The van der Waals surface area contributed by atoms with Crippen molar-refractivity contribution in [2.24, 2.45) is 0 Å². The molecule has 0 unspecified atom stereocenters. The molecular weight excluding hydrogens is 343 g/mol. The molecule has 0 spiro atoms. The van der Waals surface area contributed by atoms with Crippen molar-refractivity contribution in [2.45, 2.75) is 12.8 Å². The molecule has 2 aromatic carbocycles. The normalized spacial score (nSPS) is 15.0. The Morgan fingerprint density at radius 3 is 2.65 bits per heavy atom. The zero-order valence-corrected chi connectivity index (χ0v) is 14.1. The van der Waals surface area contributed by atoms with Gasteiger partial charge in [0, 0.05) is 24.8 Å². The summed E-state index contributed by atoms with van der Waals surface area (Å²) in [4.78, 5) is 6.57. The number of rotatable bonds is 5. The summed E-state index contributed by atoms with van der Waals surface area (Å²) in [6, 6.07) is 7.35. The van der Waals surface area contributed by atoms with Gasteiger partial charge in [-0.15, -0.1) is 0 Å². The summed E-state index contributed by atoms with van der Waals surface area (Å²) >= 11 is 0. The van der Waals surface area contributed by atoms with Gasteiger partial charge in [0.2, 0.25) is 5.89 Å². The highest BCUT2D eigenvalue weighted by Gasteiger charge is 2.19. The quantitative estimate of drug-likeness (QED) is 0.683. The van der Waals surface area contributed by atoms with Crippen LogP contribution >= 0.6 is 0 Å². The number of likely N-dealkylation sites (tertiary alicyclic amines) is 1. The molecule has 2 heterocycles. The molecule has 0 radical (unpaired) electrons. The van der Waals surface area contributed by atoms with Crippen molar-refractivity contribution in [3.8, 4) is 11.5 Å². The molecule has 0 saturated carbocycles. The van der Waals surface area contributed by atoms with Gasteiger partial charge < -0.3 is 14.6 Å². The highest BCUT2D eigenvalue weighted by atomic mass is 19.2. The molecule has 1 aliphatic rings. The Morgan fingerprint density at radius 2 is 1.85 bits per heavy atom. The molecule has 0 atom stereocenters. The molecule has 0 aliphatic carbocycles. The predicted octanol–water partition coefficient (Wildman–Crippen LogP) is 4.42. The average molecular weight is 361 g/mol. The number of hydrogen-bond donors (Lipinski definition) is 1. The molecule has 3 aromatic rings. The van der Waals surface area contributed by atoms with E-state index in [-0.39, 0.29) is 11.5 Å². The number of nitrogens with one attached hydrogen (secondary N) is 1. The van der Waals surface area contributed by atoms with Gasteiger partial charge in [0.25, 0.3) is 0 Å². The maximum atomic E-state index is 13.9. The average Bonchev–Trinajstić information content (AvgIpc) is 3.29. The Hall–Kier alpha value is -2.54. The largest absolute Gasteiger partial charge is 0.436 e. The predicted molar refractivity (Wildman–Crippen MR) is 93.5 cm³/mol. The first kappa shape index (κ1) is 16.9. The Morgan fingerprint density at radius 1 is 1.04 bits per heavy atom. The van der Waals surface area contributed by atoms with Crippen LogP contribution in [0.2, 0.25) is 0 Å². The van der Waals surface area contributed by atoms with Crippen LogP contribution in [0.5, 0.6) is 0 Å². The molecule has 26 heavy (non-hydrogen) atoms.